The van der Waals surface area contributed by atoms with Crippen molar-refractivity contribution in [2.75, 3.05) is 5.32 Å². The van der Waals surface area contributed by atoms with E-state index in [0.29, 0.717) is 5.69 Å². The first-order chi connectivity index (χ1) is 9.47. The molecule has 0 aliphatic carbocycles. The van der Waals surface area contributed by atoms with Crippen LogP contribution < -0.4 is 11.1 Å². The quantitative estimate of drug-likeness (QED) is 0.907. The molecule has 0 unspecified atom stereocenters. The van der Waals surface area contributed by atoms with Crippen LogP contribution >= 0.6 is 23.2 Å². The number of hydrogen-bond donors (Lipinski definition) is 2. The monoisotopic (exact) mass is 310 g/mol. The highest BCUT2D eigenvalue weighted by Crippen LogP contribution is 2.20. The lowest BCUT2D eigenvalue weighted by Crippen LogP contribution is -2.16. The Kier molecular flexibility index (Phi) is 4.16. The molecule has 1 aromatic carbocycles. The number of nitrogens with one attached hydrogen (secondary N) is 1. The molecule has 0 atom stereocenters. The Hall–Kier alpha value is -2.18. The summed E-state index contributed by atoms with van der Waals surface area (Å²) in [4.78, 5) is 30.6. The van der Waals surface area contributed by atoms with Crippen molar-refractivity contribution in [3.63, 3.8) is 0 Å². The molecular formula is C12H8Cl2N4O2. The number of nitrogens with two attached hydrogens (primary N) is 1. The zero-order valence-electron chi connectivity index (χ0n) is 9.93. The number of amides is 2. The maximum Gasteiger partial charge on any atom is 0.275 e. The van der Waals surface area contributed by atoms with E-state index in [2.05, 4.69) is 15.3 Å². The molecular weight excluding hydrogens is 303 g/mol. The fraction of sp³-hybridized carbons (Fsp3) is 0. The summed E-state index contributed by atoms with van der Waals surface area (Å²) in [5, 5.41) is 2.94. The lowest BCUT2D eigenvalue weighted by atomic mass is 10.2. The first kappa shape index (κ1) is 14.2. The molecule has 1 aromatic heterocycles. The Labute approximate surface area is 123 Å². The van der Waals surface area contributed by atoms with Crippen LogP contribution in [0.25, 0.3) is 0 Å². The number of aromatic nitrogens is 2. The van der Waals surface area contributed by atoms with Crippen LogP contribution in [0, 0.1) is 0 Å². The maximum absolute atomic E-state index is 11.9. The van der Waals surface area contributed by atoms with Gasteiger partial charge in [-0.15, -0.1) is 0 Å². The van der Waals surface area contributed by atoms with Crippen LogP contribution in [0.3, 0.4) is 0 Å². The van der Waals surface area contributed by atoms with Gasteiger partial charge in [-0.1, -0.05) is 23.2 Å². The number of carbonyl (C=O) groups is 2. The van der Waals surface area contributed by atoms with Crippen LogP contribution in [0.2, 0.25) is 10.2 Å². The molecule has 6 nitrogen and oxygen atoms in total. The van der Waals surface area contributed by atoms with Crippen LogP contribution in [0.1, 0.15) is 20.8 Å². The third-order valence-electron chi connectivity index (χ3n) is 2.34. The fourth-order valence-electron chi connectivity index (χ4n) is 1.42. The zero-order valence-corrected chi connectivity index (χ0v) is 11.4. The molecule has 0 aliphatic heterocycles. The van der Waals surface area contributed by atoms with Gasteiger partial charge in [0.15, 0.2) is 0 Å². The van der Waals surface area contributed by atoms with Gasteiger partial charge in [0, 0.05) is 5.69 Å². The van der Waals surface area contributed by atoms with Crippen molar-refractivity contribution in [3.05, 3.63) is 52.0 Å². The second-order valence-corrected chi connectivity index (χ2v) is 4.53. The Morgan fingerprint density at radius 2 is 1.90 bits per heavy atom. The SMILES string of the molecule is NC(=O)c1cc(NC(=O)c2cnc(Cl)cn2)ccc1Cl. The van der Waals surface area contributed by atoms with Crippen LogP contribution in [0.15, 0.2) is 30.6 Å². The summed E-state index contributed by atoms with van der Waals surface area (Å²) >= 11 is 11.4. The van der Waals surface area contributed by atoms with Gasteiger partial charge in [0.05, 0.1) is 23.0 Å². The lowest BCUT2D eigenvalue weighted by molar-refractivity contribution is 0.0995. The number of primary amides is 1. The largest absolute Gasteiger partial charge is 0.366 e. The Morgan fingerprint density at radius 3 is 2.50 bits per heavy atom. The van der Waals surface area contributed by atoms with E-state index in [0.717, 1.165) is 0 Å². The molecule has 3 N–H and O–H groups in total. The number of carbonyl (C=O) groups excluding carboxylic acids is 2. The Morgan fingerprint density at radius 1 is 1.15 bits per heavy atom. The third kappa shape index (κ3) is 3.23. The zero-order chi connectivity index (χ0) is 14.7. The molecule has 1 heterocycles. The van der Waals surface area contributed by atoms with Gasteiger partial charge in [-0.05, 0) is 18.2 Å². The molecule has 0 spiro atoms. The normalized spacial score (nSPS) is 10.1. The van der Waals surface area contributed by atoms with Crippen LogP contribution in [0.5, 0.6) is 0 Å². The predicted molar refractivity (Wildman–Crippen MR) is 75.0 cm³/mol. The number of benzene rings is 1. The summed E-state index contributed by atoms with van der Waals surface area (Å²) in [6.07, 6.45) is 2.50. The minimum Gasteiger partial charge on any atom is -0.366 e. The number of anilines is 1. The summed E-state index contributed by atoms with van der Waals surface area (Å²) in [5.41, 5.74) is 5.74. The van der Waals surface area contributed by atoms with E-state index in [1.165, 1.54) is 30.6 Å². The first-order valence-corrected chi connectivity index (χ1v) is 6.11. The summed E-state index contributed by atoms with van der Waals surface area (Å²) in [7, 11) is 0. The lowest BCUT2D eigenvalue weighted by Gasteiger charge is -2.07. The van der Waals surface area contributed by atoms with Gasteiger partial charge in [0.25, 0.3) is 5.91 Å². The molecule has 0 radical (unpaired) electrons. The van der Waals surface area contributed by atoms with Gasteiger partial charge in [-0.2, -0.15) is 0 Å². The van der Waals surface area contributed by atoms with Crippen molar-refractivity contribution in [1.29, 1.82) is 0 Å². The number of hydrogen-bond acceptors (Lipinski definition) is 4. The molecule has 2 rings (SSSR count). The van der Waals surface area contributed by atoms with E-state index in [1.807, 2.05) is 0 Å². The van der Waals surface area contributed by atoms with Crippen LogP contribution in [-0.2, 0) is 0 Å². The molecule has 0 saturated carbocycles. The van der Waals surface area contributed by atoms with E-state index < -0.39 is 11.8 Å². The highest BCUT2D eigenvalue weighted by Gasteiger charge is 2.11. The Balaban J connectivity index is 2.21. The molecule has 0 saturated heterocycles. The number of nitrogens with zero attached hydrogens (tertiary/aromatic N) is 2. The summed E-state index contributed by atoms with van der Waals surface area (Å²) in [6, 6.07) is 4.38. The predicted octanol–water partition coefficient (Wildman–Crippen LogP) is 2.13. The van der Waals surface area contributed by atoms with Gasteiger partial charge in [-0.3, -0.25) is 9.59 Å². The third-order valence-corrected chi connectivity index (χ3v) is 2.87. The van der Waals surface area contributed by atoms with E-state index in [4.69, 9.17) is 28.9 Å². The molecule has 0 aliphatic rings. The van der Waals surface area contributed by atoms with Crippen LogP contribution in [-0.4, -0.2) is 21.8 Å². The van der Waals surface area contributed by atoms with Crippen molar-refractivity contribution < 1.29 is 9.59 Å². The maximum atomic E-state index is 11.9. The molecule has 0 fully saturated rings. The second-order valence-electron chi connectivity index (χ2n) is 3.74. The van der Waals surface area contributed by atoms with Gasteiger partial charge in [-0.25, -0.2) is 9.97 Å². The van der Waals surface area contributed by atoms with Crippen molar-refractivity contribution >= 4 is 40.7 Å². The molecule has 2 aromatic rings. The fourth-order valence-corrected chi connectivity index (χ4v) is 1.72. The summed E-state index contributed by atoms with van der Waals surface area (Å²) in [6.45, 7) is 0. The minimum absolute atomic E-state index is 0.0879. The van der Waals surface area contributed by atoms with Crippen molar-refractivity contribution in [1.82, 2.24) is 9.97 Å². The van der Waals surface area contributed by atoms with Crippen molar-refractivity contribution in [3.8, 4) is 0 Å². The van der Waals surface area contributed by atoms with E-state index in [-0.39, 0.29) is 21.4 Å². The van der Waals surface area contributed by atoms with E-state index in [9.17, 15) is 9.59 Å². The number of halogens is 2. The number of rotatable bonds is 3. The van der Waals surface area contributed by atoms with Crippen molar-refractivity contribution in [2.24, 2.45) is 5.73 Å². The summed E-state index contributed by atoms with van der Waals surface area (Å²) in [5.74, 6) is -1.18. The molecule has 8 heteroatoms. The average molecular weight is 311 g/mol. The molecule has 2 amide bonds. The van der Waals surface area contributed by atoms with Crippen LogP contribution in [0.4, 0.5) is 5.69 Å². The first-order valence-electron chi connectivity index (χ1n) is 5.35. The van der Waals surface area contributed by atoms with Gasteiger partial charge in [0.2, 0.25) is 5.91 Å². The summed E-state index contributed by atoms with van der Waals surface area (Å²) < 4.78 is 0. The van der Waals surface area contributed by atoms with E-state index >= 15 is 0 Å². The van der Waals surface area contributed by atoms with Gasteiger partial charge < -0.3 is 11.1 Å². The highest BCUT2D eigenvalue weighted by atomic mass is 35.5. The smallest absolute Gasteiger partial charge is 0.275 e. The topological polar surface area (TPSA) is 98.0 Å². The van der Waals surface area contributed by atoms with Crippen molar-refractivity contribution in [2.45, 2.75) is 0 Å². The average Bonchev–Trinajstić information content (AvgIpc) is 2.41. The highest BCUT2D eigenvalue weighted by molar-refractivity contribution is 6.34. The minimum atomic E-state index is -0.683. The van der Waals surface area contributed by atoms with Gasteiger partial charge in [0.1, 0.15) is 10.8 Å². The van der Waals surface area contributed by atoms with E-state index in [1.54, 1.807) is 0 Å². The second kappa shape index (κ2) is 5.85. The van der Waals surface area contributed by atoms with Gasteiger partial charge >= 0.3 is 0 Å². The molecule has 102 valence electrons. The standard InChI is InChI=1S/C12H8Cl2N4O2/c13-8-2-1-6(3-7(8)11(15)19)18-12(20)9-4-17-10(14)5-16-9/h1-5H,(H2,15,19)(H,18,20). The molecule has 0 bridgehead atoms. The molecule has 20 heavy (non-hydrogen) atoms. The Bertz CT molecular complexity index is 674.